The molecule has 0 aliphatic rings. The Balaban J connectivity index is 1.58. The topological polar surface area (TPSA) is 71.8 Å². The van der Waals surface area contributed by atoms with Gasteiger partial charge in [-0.15, -0.1) is 10.2 Å². The number of hydrogen-bond donors (Lipinski definition) is 2. The number of aryl methyl sites for hydroxylation is 1. The Hall–Kier alpha value is -2.39. The zero-order chi connectivity index (χ0) is 20.8. The maximum Gasteiger partial charge on any atom is 0.234 e. The Labute approximate surface area is 181 Å². The molecule has 1 heterocycles. The molecule has 152 valence electrons. The standard InChI is InChI=1S/C20H21BrFN5OS/c1-3-27-18(11-23-15-7-5-14(22)6-8-15)25-26-20(27)29-12-19(28)24-17-9-4-13(2)10-16(17)21/h4-10,23H,3,11-12H2,1-2H3,(H,24,28). The maximum absolute atomic E-state index is 13.0. The molecule has 0 radical (unpaired) electrons. The van der Waals surface area contributed by atoms with Crippen LogP contribution in [0.25, 0.3) is 0 Å². The van der Waals surface area contributed by atoms with Gasteiger partial charge in [0.05, 0.1) is 18.0 Å². The Morgan fingerprint density at radius 3 is 2.66 bits per heavy atom. The van der Waals surface area contributed by atoms with Gasteiger partial charge in [-0.1, -0.05) is 17.8 Å². The summed E-state index contributed by atoms with van der Waals surface area (Å²) in [6.45, 7) is 5.13. The molecule has 0 saturated carbocycles. The molecule has 0 bridgehead atoms. The molecule has 0 atom stereocenters. The summed E-state index contributed by atoms with van der Waals surface area (Å²) in [4.78, 5) is 12.3. The van der Waals surface area contributed by atoms with E-state index in [4.69, 9.17) is 0 Å². The summed E-state index contributed by atoms with van der Waals surface area (Å²) < 4.78 is 15.8. The smallest absolute Gasteiger partial charge is 0.234 e. The molecule has 6 nitrogen and oxygen atoms in total. The third kappa shape index (κ3) is 5.80. The van der Waals surface area contributed by atoms with Gasteiger partial charge in [0.2, 0.25) is 5.91 Å². The highest BCUT2D eigenvalue weighted by Crippen LogP contribution is 2.24. The Kier molecular flexibility index (Phi) is 7.27. The predicted molar refractivity (Wildman–Crippen MR) is 118 cm³/mol. The molecule has 2 N–H and O–H groups in total. The van der Waals surface area contributed by atoms with Crippen molar-refractivity contribution in [3.63, 3.8) is 0 Å². The average molecular weight is 478 g/mol. The van der Waals surface area contributed by atoms with Gasteiger partial charge in [-0.25, -0.2) is 4.39 Å². The van der Waals surface area contributed by atoms with E-state index in [1.807, 2.05) is 36.6 Å². The van der Waals surface area contributed by atoms with Crippen LogP contribution in [0.4, 0.5) is 15.8 Å². The fraction of sp³-hybridized carbons (Fsp3) is 0.250. The highest BCUT2D eigenvalue weighted by Gasteiger charge is 2.14. The quantitative estimate of drug-likeness (QED) is 0.453. The summed E-state index contributed by atoms with van der Waals surface area (Å²) in [5.41, 5.74) is 2.65. The number of carbonyl (C=O) groups excluding carboxylic acids is 1. The highest BCUT2D eigenvalue weighted by atomic mass is 79.9. The Bertz CT molecular complexity index is 993. The number of nitrogens with one attached hydrogen (secondary N) is 2. The van der Waals surface area contributed by atoms with Gasteiger partial charge < -0.3 is 15.2 Å². The third-order valence-corrected chi connectivity index (χ3v) is 5.76. The second-order valence-corrected chi connectivity index (χ2v) is 8.12. The number of thioether (sulfide) groups is 1. The van der Waals surface area contributed by atoms with E-state index >= 15 is 0 Å². The van der Waals surface area contributed by atoms with Gasteiger partial charge in [-0.2, -0.15) is 0 Å². The summed E-state index contributed by atoms with van der Waals surface area (Å²) in [7, 11) is 0. The predicted octanol–water partition coefficient (Wildman–Crippen LogP) is 4.85. The van der Waals surface area contributed by atoms with E-state index in [1.54, 1.807) is 12.1 Å². The minimum atomic E-state index is -0.276. The maximum atomic E-state index is 13.0. The zero-order valence-corrected chi connectivity index (χ0v) is 18.5. The molecule has 0 fully saturated rings. The minimum absolute atomic E-state index is 0.115. The molecule has 1 amide bonds. The first kappa shape index (κ1) is 21.3. The average Bonchev–Trinajstić information content (AvgIpc) is 3.10. The van der Waals surface area contributed by atoms with E-state index in [1.165, 1.54) is 23.9 Å². The first-order valence-electron chi connectivity index (χ1n) is 9.06. The van der Waals surface area contributed by atoms with E-state index in [2.05, 4.69) is 36.8 Å². The van der Waals surface area contributed by atoms with Crippen LogP contribution in [0.1, 0.15) is 18.3 Å². The van der Waals surface area contributed by atoms with Crippen LogP contribution >= 0.6 is 27.7 Å². The number of anilines is 2. The van der Waals surface area contributed by atoms with Crippen LogP contribution in [0, 0.1) is 12.7 Å². The fourth-order valence-electron chi connectivity index (χ4n) is 2.66. The molecular weight excluding hydrogens is 457 g/mol. The van der Waals surface area contributed by atoms with Crippen LogP contribution in [-0.4, -0.2) is 26.4 Å². The number of nitrogens with zero attached hydrogens (tertiary/aromatic N) is 3. The number of amides is 1. The molecule has 0 aliphatic heterocycles. The van der Waals surface area contributed by atoms with Crippen molar-refractivity contribution in [1.29, 1.82) is 0 Å². The number of aromatic nitrogens is 3. The van der Waals surface area contributed by atoms with Crippen molar-refractivity contribution >= 4 is 45.0 Å². The van der Waals surface area contributed by atoms with Gasteiger partial charge in [-0.3, -0.25) is 4.79 Å². The van der Waals surface area contributed by atoms with Crippen molar-refractivity contribution in [2.45, 2.75) is 32.1 Å². The van der Waals surface area contributed by atoms with Crippen molar-refractivity contribution < 1.29 is 9.18 Å². The number of carbonyl (C=O) groups is 1. The number of benzene rings is 2. The van der Waals surface area contributed by atoms with Crippen LogP contribution in [-0.2, 0) is 17.9 Å². The lowest BCUT2D eigenvalue weighted by Crippen LogP contribution is -2.15. The Morgan fingerprint density at radius 1 is 1.21 bits per heavy atom. The van der Waals surface area contributed by atoms with E-state index in [9.17, 15) is 9.18 Å². The minimum Gasteiger partial charge on any atom is -0.378 e. The zero-order valence-electron chi connectivity index (χ0n) is 16.1. The Morgan fingerprint density at radius 2 is 1.97 bits per heavy atom. The SMILES string of the molecule is CCn1c(CNc2ccc(F)cc2)nnc1SCC(=O)Nc1ccc(C)cc1Br. The van der Waals surface area contributed by atoms with Crippen LogP contribution in [0.3, 0.4) is 0 Å². The van der Waals surface area contributed by atoms with Crippen LogP contribution in [0.5, 0.6) is 0 Å². The van der Waals surface area contributed by atoms with Gasteiger partial charge in [0.15, 0.2) is 11.0 Å². The molecule has 0 saturated heterocycles. The number of rotatable bonds is 8. The first-order valence-corrected chi connectivity index (χ1v) is 10.8. The van der Waals surface area contributed by atoms with Crippen molar-refractivity contribution in [1.82, 2.24) is 14.8 Å². The molecule has 0 spiro atoms. The summed E-state index contributed by atoms with van der Waals surface area (Å²) in [6, 6.07) is 11.9. The van der Waals surface area contributed by atoms with Gasteiger partial charge in [0.25, 0.3) is 0 Å². The number of hydrogen-bond acceptors (Lipinski definition) is 5. The lowest BCUT2D eigenvalue weighted by Gasteiger charge is -2.10. The van der Waals surface area contributed by atoms with Crippen molar-refractivity contribution in [3.05, 3.63) is 64.1 Å². The van der Waals surface area contributed by atoms with E-state index < -0.39 is 0 Å². The summed E-state index contributed by atoms with van der Waals surface area (Å²) in [6.07, 6.45) is 0. The molecule has 1 aromatic heterocycles. The van der Waals surface area contributed by atoms with Gasteiger partial charge >= 0.3 is 0 Å². The normalized spacial score (nSPS) is 10.8. The van der Waals surface area contributed by atoms with Gasteiger partial charge in [0, 0.05) is 16.7 Å². The van der Waals surface area contributed by atoms with E-state index in [0.717, 1.165) is 27.2 Å². The largest absolute Gasteiger partial charge is 0.378 e. The van der Waals surface area contributed by atoms with Crippen molar-refractivity contribution in [2.75, 3.05) is 16.4 Å². The van der Waals surface area contributed by atoms with Crippen LogP contribution in [0.15, 0.2) is 52.1 Å². The van der Waals surface area contributed by atoms with Crippen LogP contribution in [0.2, 0.25) is 0 Å². The fourth-order valence-corrected chi connectivity index (χ4v) is 4.07. The summed E-state index contributed by atoms with van der Waals surface area (Å²) >= 11 is 4.80. The highest BCUT2D eigenvalue weighted by molar-refractivity contribution is 9.10. The van der Waals surface area contributed by atoms with Crippen molar-refractivity contribution in [3.8, 4) is 0 Å². The third-order valence-electron chi connectivity index (χ3n) is 4.14. The molecule has 9 heteroatoms. The van der Waals surface area contributed by atoms with Gasteiger partial charge in [-0.05, 0) is 71.7 Å². The molecule has 2 aromatic carbocycles. The lowest BCUT2D eigenvalue weighted by atomic mass is 10.2. The molecule has 3 rings (SSSR count). The lowest BCUT2D eigenvalue weighted by molar-refractivity contribution is -0.113. The van der Waals surface area contributed by atoms with Gasteiger partial charge in [0.1, 0.15) is 5.82 Å². The van der Waals surface area contributed by atoms with Crippen LogP contribution < -0.4 is 10.6 Å². The van der Waals surface area contributed by atoms with E-state index in [-0.39, 0.29) is 17.5 Å². The second-order valence-electron chi connectivity index (χ2n) is 6.32. The first-order chi connectivity index (χ1) is 14.0. The second kappa shape index (κ2) is 9.89. The molecule has 29 heavy (non-hydrogen) atoms. The van der Waals surface area contributed by atoms with E-state index in [0.29, 0.717) is 18.2 Å². The van der Waals surface area contributed by atoms with Crippen molar-refractivity contribution in [2.24, 2.45) is 0 Å². The molecular formula is C20H21BrFN5OS. The summed E-state index contributed by atoms with van der Waals surface area (Å²) in [5, 5.41) is 15.2. The molecule has 0 unspecified atom stereocenters. The molecule has 0 aliphatic carbocycles. The summed E-state index contributed by atoms with van der Waals surface area (Å²) in [5.74, 6) is 0.586. The number of halogens is 2. The molecule has 3 aromatic rings. The monoisotopic (exact) mass is 477 g/mol.